The van der Waals surface area contributed by atoms with Gasteiger partial charge in [-0.05, 0) is 12.5 Å². The summed E-state index contributed by atoms with van der Waals surface area (Å²) >= 11 is 5.73. The Bertz CT molecular complexity index is 399. The summed E-state index contributed by atoms with van der Waals surface area (Å²) in [5, 5.41) is 2.78. The molecule has 0 saturated carbocycles. The van der Waals surface area contributed by atoms with E-state index >= 15 is 0 Å². The molecule has 1 aromatic rings. The number of nitrogens with one attached hydrogen (secondary N) is 1. The molecule has 3 nitrogen and oxygen atoms in total. The zero-order valence-electron chi connectivity index (χ0n) is 10.6. The first-order valence-corrected chi connectivity index (χ1v) is 6.37. The monoisotopic (exact) mass is 296 g/mol. The fraction of sp³-hybridized carbons (Fsp3) is 0.583. The lowest BCUT2D eigenvalue weighted by Crippen LogP contribution is -2.12. The SMILES string of the molecule is CCCCOCCNc1ncc(C(F)(F)F)cc1Cl. The number of alkyl halides is 3. The zero-order chi connectivity index (χ0) is 14.3. The molecule has 0 aliphatic rings. The van der Waals surface area contributed by atoms with E-state index in [1.54, 1.807) is 0 Å². The Kier molecular flexibility index (Phi) is 6.37. The lowest BCUT2D eigenvalue weighted by Gasteiger charge is -2.10. The minimum absolute atomic E-state index is 0.0524. The minimum Gasteiger partial charge on any atom is -0.380 e. The van der Waals surface area contributed by atoms with E-state index in [0.29, 0.717) is 19.8 Å². The molecule has 1 aromatic heterocycles. The Morgan fingerprint density at radius 2 is 2.11 bits per heavy atom. The van der Waals surface area contributed by atoms with Crippen LogP contribution in [0.3, 0.4) is 0 Å². The number of halogens is 4. The van der Waals surface area contributed by atoms with Gasteiger partial charge in [-0.2, -0.15) is 13.2 Å². The Hall–Kier alpha value is -1.01. The maximum Gasteiger partial charge on any atom is 0.417 e. The van der Waals surface area contributed by atoms with Crippen molar-refractivity contribution >= 4 is 17.4 Å². The Balaban J connectivity index is 2.43. The van der Waals surface area contributed by atoms with Crippen LogP contribution >= 0.6 is 11.6 Å². The van der Waals surface area contributed by atoms with E-state index in [1.165, 1.54) is 0 Å². The van der Waals surface area contributed by atoms with Gasteiger partial charge in [0.2, 0.25) is 0 Å². The highest BCUT2D eigenvalue weighted by atomic mass is 35.5. The van der Waals surface area contributed by atoms with Crippen LogP contribution in [-0.2, 0) is 10.9 Å². The van der Waals surface area contributed by atoms with E-state index in [1.807, 2.05) is 0 Å². The summed E-state index contributed by atoms with van der Waals surface area (Å²) in [4.78, 5) is 3.66. The first kappa shape index (κ1) is 16.0. The lowest BCUT2D eigenvalue weighted by atomic mass is 10.3. The van der Waals surface area contributed by atoms with E-state index in [-0.39, 0.29) is 10.8 Å². The molecule has 0 amide bonds. The second-order valence-electron chi connectivity index (χ2n) is 3.94. The van der Waals surface area contributed by atoms with Crippen molar-refractivity contribution in [2.24, 2.45) is 0 Å². The summed E-state index contributed by atoms with van der Waals surface area (Å²) in [6.45, 7) is 3.64. The van der Waals surface area contributed by atoms with E-state index in [0.717, 1.165) is 25.1 Å². The quantitative estimate of drug-likeness (QED) is 0.773. The van der Waals surface area contributed by atoms with Crippen LogP contribution in [0.1, 0.15) is 25.3 Å². The molecular weight excluding hydrogens is 281 g/mol. The standard InChI is InChI=1S/C12H16ClF3N2O/c1-2-3-5-19-6-4-17-11-10(13)7-9(8-18-11)12(14,15)16/h7-8H,2-6H2,1H3,(H,17,18). The van der Waals surface area contributed by atoms with Crippen LogP contribution < -0.4 is 5.32 Å². The van der Waals surface area contributed by atoms with E-state index < -0.39 is 11.7 Å². The number of anilines is 1. The summed E-state index contributed by atoms with van der Waals surface area (Å²) in [6.07, 6.45) is -1.64. The molecule has 1 heterocycles. The Morgan fingerprint density at radius 3 is 2.68 bits per heavy atom. The molecule has 0 fully saturated rings. The summed E-state index contributed by atoms with van der Waals surface area (Å²) in [6, 6.07) is 0.856. The highest BCUT2D eigenvalue weighted by Crippen LogP contribution is 2.32. The predicted molar refractivity (Wildman–Crippen MR) is 68.5 cm³/mol. The van der Waals surface area contributed by atoms with Gasteiger partial charge in [0.15, 0.2) is 0 Å². The molecule has 0 aromatic carbocycles. The van der Waals surface area contributed by atoms with Crippen molar-refractivity contribution in [3.05, 3.63) is 22.8 Å². The van der Waals surface area contributed by atoms with E-state index in [2.05, 4.69) is 17.2 Å². The van der Waals surface area contributed by atoms with Gasteiger partial charge in [0.05, 0.1) is 17.2 Å². The molecule has 0 aliphatic heterocycles. The van der Waals surface area contributed by atoms with Crippen molar-refractivity contribution in [3.63, 3.8) is 0 Å². The smallest absolute Gasteiger partial charge is 0.380 e. The topological polar surface area (TPSA) is 34.1 Å². The number of hydrogen-bond acceptors (Lipinski definition) is 3. The number of aromatic nitrogens is 1. The normalized spacial score (nSPS) is 11.6. The van der Waals surface area contributed by atoms with Gasteiger partial charge >= 0.3 is 6.18 Å². The fourth-order valence-corrected chi connectivity index (χ4v) is 1.55. The maximum atomic E-state index is 12.4. The number of hydrogen-bond donors (Lipinski definition) is 1. The fourth-order valence-electron chi connectivity index (χ4n) is 1.31. The molecule has 0 atom stereocenters. The Labute approximate surface area is 115 Å². The van der Waals surface area contributed by atoms with Crippen LogP contribution in [0.2, 0.25) is 5.02 Å². The van der Waals surface area contributed by atoms with Crippen molar-refractivity contribution in [1.29, 1.82) is 0 Å². The number of rotatable bonds is 7. The minimum atomic E-state index is -4.43. The summed E-state index contributed by atoms with van der Waals surface area (Å²) in [5.74, 6) is 0.230. The van der Waals surface area contributed by atoms with Crippen LogP contribution in [0.15, 0.2) is 12.3 Å². The molecule has 7 heteroatoms. The molecule has 19 heavy (non-hydrogen) atoms. The van der Waals surface area contributed by atoms with Crippen LogP contribution in [0, 0.1) is 0 Å². The van der Waals surface area contributed by atoms with Gasteiger partial charge in [-0.3, -0.25) is 0 Å². The third kappa shape index (κ3) is 5.65. The number of unbranched alkanes of at least 4 members (excludes halogenated alkanes) is 1. The van der Waals surface area contributed by atoms with Crippen molar-refractivity contribution in [1.82, 2.24) is 4.98 Å². The summed E-state index contributed by atoms with van der Waals surface area (Å²) < 4.78 is 42.5. The molecule has 1 N–H and O–H groups in total. The van der Waals surface area contributed by atoms with Gasteiger partial charge in [0.1, 0.15) is 5.82 Å². The van der Waals surface area contributed by atoms with Gasteiger partial charge in [-0.1, -0.05) is 24.9 Å². The third-order valence-corrected chi connectivity index (χ3v) is 2.64. The van der Waals surface area contributed by atoms with E-state index in [4.69, 9.17) is 16.3 Å². The lowest BCUT2D eigenvalue weighted by molar-refractivity contribution is -0.137. The first-order chi connectivity index (χ1) is 8.95. The second-order valence-corrected chi connectivity index (χ2v) is 4.35. The summed E-state index contributed by atoms with van der Waals surface area (Å²) in [5.41, 5.74) is -0.859. The van der Waals surface area contributed by atoms with Gasteiger partial charge in [0, 0.05) is 19.3 Å². The largest absolute Gasteiger partial charge is 0.417 e. The maximum absolute atomic E-state index is 12.4. The third-order valence-electron chi connectivity index (χ3n) is 2.35. The van der Waals surface area contributed by atoms with Crippen molar-refractivity contribution in [3.8, 4) is 0 Å². The molecule has 1 rings (SSSR count). The second kappa shape index (κ2) is 7.55. The van der Waals surface area contributed by atoms with Crippen molar-refractivity contribution in [2.45, 2.75) is 25.9 Å². The molecule has 0 saturated heterocycles. The van der Waals surface area contributed by atoms with Crippen molar-refractivity contribution < 1.29 is 17.9 Å². The molecule has 108 valence electrons. The zero-order valence-corrected chi connectivity index (χ0v) is 11.3. The Morgan fingerprint density at radius 1 is 1.37 bits per heavy atom. The predicted octanol–water partition coefficient (Wildman–Crippen LogP) is 3.98. The van der Waals surface area contributed by atoms with Gasteiger partial charge in [-0.25, -0.2) is 4.98 Å². The van der Waals surface area contributed by atoms with Crippen molar-refractivity contribution in [2.75, 3.05) is 25.1 Å². The molecule has 0 bridgehead atoms. The highest BCUT2D eigenvalue weighted by molar-refractivity contribution is 6.32. The number of ether oxygens (including phenoxy) is 1. The van der Waals surface area contributed by atoms with Crippen LogP contribution in [0.25, 0.3) is 0 Å². The van der Waals surface area contributed by atoms with Crippen LogP contribution in [0.4, 0.5) is 19.0 Å². The molecular formula is C12H16ClF3N2O. The molecule has 0 aliphatic carbocycles. The van der Waals surface area contributed by atoms with Crippen LogP contribution in [-0.4, -0.2) is 24.7 Å². The number of nitrogens with zero attached hydrogens (tertiary/aromatic N) is 1. The van der Waals surface area contributed by atoms with Gasteiger partial charge < -0.3 is 10.1 Å². The first-order valence-electron chi connectivity index (χ1n) is 5.99. The van der Waals surface area contributed by atoms with Gasteiger partial charge in [0.25, 0.3) is 0 Å². The van der Waals surface area contributed by atoms with E-state index in [9.17, 15) is 13.2 Å². The average molecular weight is 297 g/mol. The van der Waals surface area contributed by atoms with Crippen LogP contribution in [0.5, 0.6) is 0 Å². The number of pyridine rings is 1. The summed E-state index contributed by atoms with van der Waals surface area (Å²) in [7, 11) is 0. The highest BCUT2D eigenvalue weighted by Gasteiger charge is 2.31. The molecule has 0 spiro atoms. The van der Waals surface area contributed by atoms with Gasteiger partial charge in [-0.15, -0.1) is 0 Å². The molecule has 0 radical (unpaired) electrons. The molecule has 0 unspecified atom stereocenters. The average Bonchev–Trinajstić information content (AvgIpc) is 2.34.